The zero-order valence-corrected chi connectivity index (χ0v) is 17.6. The molecule has 0 spiro atoms. The van der Waals surface area contributed by atoms with Crippen LogP contribution in [-0.4, -0.2) is 22.9 Å². The first kappa shape index (κ1) is 21.1. The summed E-state index contributed by atoms with van der Waals surface area (Å²) in [5, 5.41) is 14.1. The maximum atomic E-state index is 13.4. The van der Waals surface area contributed by atoms with Gasteiger partial charge in [0, 0.05) is 17.7 Å². The number of amides is 1. The summed E-state index contributed by atoms with van der Waals surface area (Å²) < 4.78 is 18.7. The number of nitrogens with one attached hydrogen (secondary N) is 1. The first-order valence-electron chi connectivity index (χ1n) is 9.42. The van der Waals surface area contributed by atoms with E-state index in [1.165, 1.54) is 42.7 Å². The number of nitro benzene ring substituents is 1. The highest BCUT2D eigenvalue weighted by Crippen LogP contribution is 2.39. The Morgan fingerprint density at radius 2 is 1.69 bits per heavy atom. The fraction of sp³-hybridized carbons (Fsp3) is 0.0435. The number of para-hydroxylation sites is 1. The van der Waals surface area contributed by atoms with E-state index in [4.69, 9.17) is 4.74 Å². The van der Waals surface area contributed by atoms with Crippen molar-refractivity contribution in [2.45, 2.75) is 0 Å². The van der Waals surface area contributed by atoms with Crippen molar-refractivity contribution in [2.24, 2.45) is 0 Å². The summed E-state index contributed by atoms with van der Waals surface area (Å²) in [6.45, 7) is 0. The lowest BCUT2D eigenvalue weighted by Crippen LogP contribution is -2.12. The van der Waals surface area contributed by atoms with Crippen molar-refractivity contribution in [3.05, 3.63) is 94.3 Å². The van der Waals surface area contributed by atoms with Crippen LogP contribution in [-0.2, 0) is 0 Å². The minimum Gasteiger partial charge on any atom is -0.496 e. The van der Waals surface area contributed by atoms with Crippen molar-refractivity contribution in [1.82, 2.24) is 4.98 Å². The molecule has 0 saturated heterocycles. The molecule has 4 aromatic rings. The molecule has 160 valence electrons. The van der Waals surface area contributed by atoms with Crippen molar-refractivity contribution >= 4 is 28.1 Å². The van der Waals surface area contributed by atoms with E-state index in [-0.39, 0.29) is 11.5 Å². The molecule has 0 unspecified atom stereocenters. The average molecular weight is 449 g/mol. The molecule has 0 atom stereocenters. The number of benzene rings is 3. The van der Waals surface area contributed by atoms with Gasteiger partial charge in [0.1, 0.15) is 11.6 Å². The highest BCUT2D eigenvalue weighted by molar-refractivity contribution is 7.19. The van der Waals surface area contributed by atoms with Crippen LogP contribution in [0.2, 0.25) is 0 Å². The molecule has 0 aliphatic heterocycles. The Hall–Kier alpha value is -4.11. The summed E-state index contributed by atoms with van der Waals surface area (Å²) in [4.78, 5) is 28.5. The maximum absolute atomic E-state index is 13.4. The number of halogens is 1. The van der Waals surface area contributed by atoms with Crippen molar-refractivity contribution in [3.8, 4) is 27.4 Å². The second-order valence-electron chi connectivity index (χ2n) is 6.66. The Balaban J connectivity index is 1.74. The molecule has 0 saturated carbocycles. The lowest BCUT2D eigenvalue weighted by atomic mass is 10.1. The molecule has 4 rings (SSSR count). The molecular weight excluding hydrogens is 433 g/mol. The number of hydrogen-bond donors (Lipinski definition) is 1. The number of rotatable bonds is 6. The second kappa shape index (κ2) is 8.94. The number of aromatic nitrogens is 1. The molecule has 1 N–H and O–H groups in total. The molecule has 0 radical (unpaired) electrons. The summed E-state index contributed by atoms with van der Waals surface area (Å²) in [5.74, 6) is -0.349. The fourth-order valence-electron chi connectivity index (χ4n) is 3.10. The van der Waals surface area contributed by atoms with Gasteiger partial charge in [0.2, 0.25) is 0 Å². The van der Waals surface area contributed by atoms with Gasteiger partial charge in [-0.05, 0) is 54.1 Å². The Labute approximate surface area is 186 Å². The molecule has 3 aromatic carbocycles. The Morgan fingerprint density at radius 1 is 1.03 bits per heavy atom. The molecule has 1 heterocycles. The average Bonchev–Trinajstić information content (AvgIpc) is 3.23. The van der Waals surface area contributed by atoms with Crippen LogP contribution >= 0.6 is 11.3 Å². The highest BCUT2D eigenvalue weighted by Gasteiger charge is 2.19. The number of methoxy groups -OCH3 is 1. The molecular formula is C23H16FN3O4S. The third-order valence-electron chi connectivity index (χ3n) is 4.66. The van der Waals surface area contributed by atoms with Crippen molar-refractivity contribution in [3.63, 3.8) is 0 Å². The lowest BCUT2D eigenvalue weighted by Gasteiger charge is -2.07. The zero-order chi connectivity index (χ0) is 22.7. The van der Waals surface area contributed by atoms with Gasteiger partial charge < -0.3 is 4.74 Å². The van der Waals surface area contributed by atoms with Gasteiger partial charge in [0.05, 0.1) is 28.2 Å². The normalized spacial score (nSPS) is 10.6. The van der Waals surface area contributed by atoms with Gasteiger partial charge in [0.15, 0.2) is 5.13 Å². The third kappa shape index (κ3) is 4.33. The number of anilines is 1. The van der Waals surface area contributed by atoms with Crippen LogP contribution in [0.4, 0.5) is 15.2 Å². The lowest BCUT2D eigenvalue weighted by molar-refractivity contribution is -0.384. The van der Waals surface area contributed by atoms with Crippen LogP contribution in [0.25, 0.3) is 21.7 Å². The number of carbonyl (C=O) groups excluding carboxylic acids is 1. The summed E-state index contributed by atoms with van der Waals surface area (Å²) in [6.07, 6.45) is 0. The van der Waals surface area contributed by atoms with Gasteiger partial charge in [-0.25, -0.2) is 9.37 Å². The van der Waals surface area contributed by atoms with E-state index in [1.807, 2.05) is 0 Å². The summed E-state index contributed by atoms with van der Waals surface area (Å²) in [5.41, 5.74) is 2.18. The number of non-ortho nitro benzene ring substituents is 1. The molecule has 7 nitrogen and oxygen atoms in total. The molecule has 0 fully saturated rings. The van der Waals surface area contributed by atoms with Crippen LogP contribution in [0.1, 0.15) is 10.4 Å². The molecule has 0 aliphatic rings. The van der Waals surface area contributed by atoms with E-state index in [9.17, 15) is 19.3 Å². The van der Waals surface area contributed by atoms with Gasteiger partial charge in [-0.2, -0.15) is 0 Å². The quantitative estimate of drug-likeness (QED) is 0.297. The van der Waals surface area contributed by atoms with Crippen LogP contribution in [0.15, 0.2) is 72.8 Å². The number of nitro groups is 1. The monoisotopic (exact) mass is 449 g/mol. The highest BCUT2D eigenvalue weighted by atomic mass is 32.1. The van der Waals surface area contributed by atoms with E-state index >= 15 is 0 Å². The summed E-state index contributed by atoms with van der Waals surface area (Å²) >= 11 is 1.21. The van der Waals surface area contributed by atoms with Gasteiger partial charge in [-0.15, -0.1) is 0 Å². The largest absolute Gasteiger partial charge is 0.496 e. The van der Waals surface area contributed by atoms with Gasteiger partial charge >= 0.3 is 0 Å². The number of nitrogens with zero attached hydrogens (tertiary/aromatic N) is 2. The van der Waals surface area contributed by atoms with Crippen molar-refractivity contribution in [1.29, 1.82) is 0 Å². The van der Waals surface area contributed by atoms with E-state index in [0.29, 0.717) is 38.1 Å². The minimum atomic E-state index is -0.476. The topological polar surface area (TPSA) is 94.4 Å². The van der Waals surface area contributed by atoms with E-state index in [2.05, 4.69) is 10.3 Å². The number of thiazole rings is 1. The predicted octanol–water partition coefficient (Wildman–Crippen LogP) is 5.79. The van der Waals surface area contributed by atoms with Crippen LogP contribution in [0.5, 0.6) is 5.75 Å². The number of ether oxygens (including phenoxy) is 1. The molecule has 0 bridgehead atoms. The first-order chi connectivity index (χ1) is 15.5. The van der Waals surface area contributed by atoms with Crippen LogP contribution < -0.4 is 10.1 Å². The zero-order valence-electron chi connectivity index (χ0n) is 16.7. The van der Waals surface area contributed by atoms with E-state index < -0.39 is 10.8 Å². The van der Waals surface area contributed by atoms with Gasteiger partial charge in [-0.1, -0.05) is 23.5 Å². The van der Waals surface area contributed by atoms with Crippen molar-refractivity contribution in [2.75, 3.05) is 12.4 Å². The van der Waals surface area contributed by atoms with Crippen LogP contribution in [0.3, 0.4) is 0 Å². The molecule has 1 amide bonds. The molecule has 0 aliphatic carbocycles. The summed E-state index contributed by atoms with van der Waals surface area (Å²) in [6, 6.07) is 18.7. The Kier molecular flexibility index (Phi) is 5.91. The number of carbonyl (C=O) groups is 1. The molecule has 9 heteroatoms. The molecule has 32 heavy (non-hydrogen) atoms. The Morgan fingerprint density at radius 3 is 2.34 bits per heavy atom. The first-order valence-corrected chi connectivity index (χ1v) is 10.2. The standard InChI is InChI=1S/C23H16FN3O4S/c1-31-19-5-3-2-4-18(19)22(28)26-23-25-20(14-6-10-16(24)11-7-14)21(32-23)15-8-12-17(13-9-15)27(29)30/h2-13H,1H3,(H,25,26,28). The van der Waals surface area contributed by atoms with Gasteiger partial charge in [-0.3, -0.25) is 20.2 Å². The molecule has 1 aromatic heterocycles. The SMILES string of the molecule is COc1ccccc1C(=O)Nc1nc(-c2ccc(F)cc2)c(-c2ccc([N+](=O)[O-])cc2)s1. The van der Waals surface area contributed by atoms with E-state index in [0.717, 1.165) is 0 Å². The second-order valence-corrected chi connectivity index (χ2v) is 7.66. The fourth-order valence-corrected chi connectivity index (χ4v) is 4.09. The summed E-state index contributed by atoms with van der Waals surface area (Å²) in [7, 11) is 1.48. The predicted molar refractivity (Wildman–Crippen MR) is 121 cm³/mol. The third-order valence-corrected chi connectivity index (χ3v) is 5.68. The maximum Gasteiger partial charge on any atom is 0.269 e. The van der Waals surface area contributed by atoms with Gasteiger partial charge in [0.25, 0.3) is 11.6 Å². The Bertz CT molecular complexity index is 1290. The van der Waals surface area contributed by atoms with E-state index in [1.54, 1.807) is 48.5 Å². The number of hydrogen-bond acceptors (Lipinski definition) is 6. The van der Waals surface area contributed by atoms with Crippen LogP contribution in [0, 0.1) is 15.9 Å². The smallest absolute Gasteiger partial charge is 0.269 e. The van der Waals surface area contributed by atoms with Crippen molar-refractivity contribution < 1.29 is 18.8 Å². The minimum absolute atomic E-state index is 0.0358.